The first-order chi connectivity index (χ1) is 7.27. The molecule has 0 aliphatic rings. The van der Waals surface area contributed by atoms with Crippen molar-refractivity contribution in [2.75, 3.05) is 7.11 Å². The summed E-state index contributed by atoms with van der Waals surface area (Å²) in [6.07, 6.45) is 1.82. The topological polar surface area (TPSA) is 69.6 Å². The minimum Gasteiger partial charge on any atom is -0.464 e. The number of carbonyl (C=O) groups excluding carboxylic acids is 1. The quantitative estimate of drug-likeness (QED) is 0.728. The fourth-order valence-corrected chi connectivity index (χ4v) is 1.50. The van der Waals surface area contributed by atoms with Gasteiger partial charge in [-0.1, -0.05) is 6.07 Å². The highest BCUT2D eigenvalue weighted by molar-refractivity contribution is 5.89. The third kappa shape index (κ3) is 1.46. The van der Waals surface area contributed by atoms with E-state index in [1.165, 1.54) is 7.11 Å². The highest BCUT2D eigenvalue weighted by Crippen LogP contribution is 2.12. The summed E-state index contributed by atoms with van der Waals surface area (Å²) in [5.41, 5.74) is 7.23. The molecule has 2 rings (SSSR count). The number of nitrogens with two attached hydrogens (primary N) is 1. The number of hydrogen-bond acceptors (Lipinski definition) is 4. The van der Waals surface area contributed by atoms with E-state index in [-0.39, 0.29) is 12.2 Å². The molecule has 0 saturated carbocycles. The molecule has 0 radical (unpaired) electrons. The van der Waals surface area contributed by atoms with Crippen LogP contribution in [-0.2, 0) is 11.3 Å². The van der Waals surface area contributed by atoms with Crippen molar-refractivity contribution in [2.24, 2.45) is 5.73 Å². The van der Waals surface area contributed by atoms with Crippen LogP contribution < -0.4 is 5.73 Å². The van der Waals surface area contributed by atoms with Crippen LogP contribution in [0.5, 0.6) is 0 Å². The largest absolute Gasteiger partial charge is 0.464 e. The number of rotatable bonds is 2. The number of pyridine rings is 1. The smallest absolute Gasteiger partial charge is 0.358 e. The van der Waals surface area contributed by atoms with E-state index in [2.05, 4.69) is 9.72 Å². The summed E-state index contributed by atoms with van der Waals surface area (Å²) < 4.78 is 6.42. The van der Waals surface area contributed by atoms with Crippen LogP contribution in [-0.4, -0.2) is 22.5 Å². The van der Waals surface area contributed by atoms with Crippen molar-refractivity contribution in [3.8, 4) is 0 Å². The lowest BCUT2D eigenvalue weighted by atomic mass is 10.3. The summed E-state index contributed by atoms with van der Waals surface area (Å²) in [7, 11) is 1.33. The summed E-state index contributed by atoms with van der Waals surface area (Å²) in [6.45, 7) is 0.246. The Balaban J connectivity index is 2.69. The second-order valence-electron chi connectivity index (χ2n) is 3.03. The van der Waals surface area contributed by atoms with Gasteiger partial charge >= 0.3 is 5.97 Å². The zero-order chi connectivity index (χ0) is 10.8. The zero-order valence-electron chi connectivity index (χ0n) is 8.30. The molecular formula is C10H11N3O2. The second-order valence-corrected chi connectivity index (χ2v) is 3.03. The Labute approximate surface area is 86.5 Å². The van der Waals surface area contributed by atoms with E-state index in [1.807, 2.05) is 24.4 Å². The lowest BCUT2D eigenvalue weighted by molar-refractivity contribution is 0.0593. The highest BCUT2D eigenvalue weighted by atomic mass is 16.5. The lowest BCUT2D eigenvalue weighted by Crippen LogP contribution is -2.10. The van der Waals surface area contributed by atoms with Crippen LogP contribution in [0.4, 0.5) is 0 Å². The second kappa shape index (κ2) is 3.70. The van der Waals surface area contributed by atoms with E-state index in [0.29, 0.717) is 11.3 Å². The lowest BCUT2D eigenvalue weighted by Gasteiger charge is -1.99. The molecule has 0 saturated heterocycles. The van der Waals surface area contributed by atoms with Crippen LogP contribution in [0.15, 0.2) is 24.4 Å². The standard InChI is InChI=1S/C10H11N3O2/c1-15-10(14)9-7(6-11)13-5-3-2-4-8(13)12-9/h2-5H,6,11H2,1H3. The van der Waals surface area contributed by atoms with Gasteiger partial charge in [-0.25, -0.2) is 9.78 Å². The van der Waals surface area contributed by atoms with Gasteiger partial charge in [-0.2, -0.15) is 0 Å². The first kappa shape index (κ1) is 9.67. The van der Waals surface area contributed by atoms with E-state index < -0.39 is 5.97 Å². The Morgan fingerprint density at radius 1 is 1.60 bits per heavy atom. The van der Waals surface area contributed by atoms with Gasteiger partial charge in [0.15, 0.2) is 5.69 Å². The van der Waals surface area contributed by atoms with E-state index in [0.717, 1.165) is 0 Å². The molecule has 2 N–H and O–H groups in total. The molecule has 0 aliphatic heterocycles. The fraction of sp³-hybridized carbons (Fsp3) is 0.200. The molecule has 0 unspecified atom stereocenters. The Morgan fingerprint density at radius 2 is 2.40 bits per heavy atom. The van der Waals surface area contributed by atoms with Crippen molar-refractivity contribution in [1.29, 1.82) is 0 Å². The van der Waals surface area contributed by atoms with Crippen LogP contribution >= 0.6 is 0 Å². The van der Waals surface area contributed by atoms with Gasteiger partial charge in [0.2, 0.25) is 0 Å². The molecule has 0 aromatic carbocycles. The van der Waals surface area contributed by atoms with E-state index in [4.69, 9.17) is 5.73 Å². The molecule has 0 atom stereocenters. The van der Waals surface area contributed by atoms with Gasteiger partial charge in [0.25, 0.3) is 0 Å². The number of hydrogen-bond donors (Lipinski definition) is 1. The predicted molar refractivity (Wildman–Crippen MR) is 54.4 cm³/mol. The molecule has 0 fully saturated rings. The molecule has 0 spiro atoms. The van der Waals surface area contributed by atoms with Gasteiger partial charge in [0.1, 0.15) is 5.65 Å². The molecule has 5 heteroatoms. The molecule has 5 nitrogen and oxygen atoms in total. The first-order valence-electron chi connectivity index (χ1n) is 4.52. The zero-order valence-corrected chi connectivity index (χ0v) is 8.30. The van der Waals surface area contributed by atoms with Crippen molar-refractivity contribution in [1.82, 2.24) is 9.38 Å². The van der Waals surface area contributed by atoms with Crippen LogP contribution in [0, 0.1) is 0 Å². The summed E-state index contributed by atoms with van der Waals surface area (Å²) in [6, 6.07) is 5.52. The van der Waals surface area contributed by atoms with E-state index in [1.54, 1.807) is 4.40 Å². The van der Waals surface area contributed by atoms with Crippen molar-refractivity contribution in [2.45, 2.75) is 6.54 Å². The van der Waals surface area contributed by atoms with Crippen molar-refractivity contribution in [3.05, 3.63) is 35.8 Å². The molecule has 0 bridgehead atoms. The highest BCUT2D eigenvalue weighted by Gasteiger charge is 2.17. The van der Waals surface area contributed by atoms with Crippen LogP contribution in [0.25, 0.3) is 5.65 Å². The third-order valence-electron chi connectivity index (χ3n) is 2.20. The SMILES string of the molecule is COC(=O)c1nc2ccccn2c1CN. The average Bonchev–Trinajstić information content (AvgIpc) is 2.66. The van der Waals surface area contributed by atoms with Crippen LogP contribution in [0.3, 0.4) is 0 Å². The fourth-order valence-electron chi connectivity index (χ4n) is 1.50. The maximum atomic E-state index is 11.4. The summed E-state index contributed by atoms with van der Waals surface area (Å²) in [4.78, 5) is 15.6. The van der Waals surface area contributed by atoms with E-state index >= 15 is 0 Å². The first-order valence-corrected chi connectivity index (χ1v) is 4.52. The van der Waals surface area contributed by atoms with Gasteiger partial charge in [-0.15, -0.1) is 0 Å². The monoisotopic (exact) mass is 205 g/mol. The van der Waals surface area contributed by atoms with E-state index in [9.17, 15) is 4.79 Å². The summed E-state index contributed by atoms with van der Waals surface area (Å²) in [5, 5.41) is 0. The number of methoxy groups -OCH3 is 1. The Hall–Kier alpha value is -1.88. The van der Waals surface area contributed by atoms with Gasteiger partial charge in [0.05, 0.1) is 12.8 Å². The van der Waals surface area contributed by atoms with Crippen LogP contribution in [0.1, 0.15) is 16.2 Å². The number of aromatic nitrogens is 2. The molecule has 15 heavy (non-hydrogen) atoms. The Bertz CT molecular complexity index is 504. The number of carbonyl (C=O) groups is 1. The molecule has 78 valence electrons. The van der Waals surface area contributed by atoms with Crippen molar-refractivity contribution >= 4 is 11.6 Å². The predicted octanol–water partition coefficient (Wildman–Crippen LogP) is 0.580. The van der Waals surface area contributed by atoms with Gasteiger partial charge in [0, 0.05) is 12.7 Å². The minimum atomic E-state index is -0.459. The molecule has 2 aromatic rings. The number of esters is 1. The number of ether oxygens (including phenoxy) is 1. The molecule has 2 heterocycles. The van der Waals surface area contributed by atoms with Crippen LogP contribution in [0.2, 0.25) is 0 Å². The Kier molecular flexibility index (Phi) is 2.39. The molecule has 2 aromatic heterocycles. The molecular weight excluding hydrogens is 194 g/mol. The van der Waals surface area contributed by atoms with Crippen molar-refractivity contribution < 1.29 is 9.53 Å². The maximum Gasteiger partial charge on any atom is 0.358 e. The third-order valence-corrected chi connectivity index (χ3v) is 2.20. The molecule has 0 aliphatic carbocycles. The summed E-state index contributed by atoms with van der Waals surface area (Å²) in [5.74, 6) is -0.459. The Morgan fingerprint density at radius 3 is 3.07 bits per heavy atom. The normalized spacial score (nSPS) is 10.5. The summed E-state index contributed by atoms with van der Waals surface area (Å²) >= 11 is 0. The van der Waals surface area contributed by atoms with Gasteiger partial charge in [-0.3, -0.25) is 0 Å². The van der Waals surface area contributed by atoms with Gasteiger partial charge in [-0.05, 0) is 12.1 Å². The average molecular weight is 205 g/mol. The van der Waals surface area contributed by atoms with Gasteiger partial charge < -0.3 is 14.9 Å². The molecule has 0 amide bonds. The van der Waals surface area contributed by atoms with Crippen molar-refractivity contribution in [3.63, 3.8) is 0 Å². The maximum absolute atomic E-state index is 11.4. The minimum absolute atomic E-state index is 0.246. The number of fused-ring (bicyclic) bond motifs is 1. The number of imidazole rings is 1. The number of nitrogens with zero attached hydrogens (tertiary/aromatic N) is 2.